The summed E-state index contributed by atoms with van der Waals surface area (Å²) in [5.41, 5.74) is 4.85. The summed E-state index contributed by atoms with van der Waals surface area (Å²) < 4.78 is 30.2. The van der Waals surface area contributed by atoms with Crippen molar-refractivity contribution in [3.05, 3.63) is 59.2 Å². The molecule has 1 unspecified atom stereocenters. The third-order valence-corrected chi connectivity index (χ3v) is 8.13. The van der Waals surface area contributed by atoms with Crippen LogP contribution >= 0.6 is 12.1 Å². The lowest BCUT2D eigenvalue weighted by Gasteiger charge is -2.26. The Morgan fingerprint density at radius 3 is 2.61 bits per heavy atom. The summed E-state index contributed by atoms with van der Waals surface area (Å²) in [4.78, 5) is 5.05. The number of imidazole rings is 1. The SMILES string of the molecule is CCC(C)(SF)c1cccc2c3ccc(F)cc3n3c(C4CCCCC4)c(C)nc3c12. The lowest BCUT2D eigenvalue weighted by Crippen LogP contribution is -2.16. The molecule has 0 aliphatic heterocycles. The van der Waals surface area contributed by atoms with E-state index in [1.54, 1.807) is 6.07 Å². The predicted molar refractivity (Wildman–Crippen MR) is 127 cm³/mol. The molecular formula is C26H28F2N2S. The highest BCUT2D eigenvalue weighted by Gasteiger charge is 2.31. The maximum absolute atomic E-state index is 14.4. The van der Waals surface area contributed by atoms with E-state index >= 15 is 0 Å². The molecule has 1 aliphatic carbocycles. The first-order valence-electron chi connectivity index (χ1n) is 11.3. The van der Waals surface area contributed by atoms with Gasteiger partial charge in [-0.05, 0) is 62.3 Å². The number of fused-ring (bicyclic) bond motifs is 6. The van der Waals surface area contributed by atoms with Crippen LogP contribution in [-0.2, 0) is 4.75 Å². The van der Waals surface area contributed by atoms with Crippen molar-refractivity contribution in [3.8, 4) is 0 Å². The molecule has 4 aromatic rings. The number of aromatic nitrogens is 2. The first-order valence-corrected chi connectivity index (χ1v) is 12.0. The molecule has 2 aromatic carbocycles. The molecule has 5 rings (SSSR count). The van der Waals surface area contributed by atoms with Crippen molar-refractivity contribution in [2.75, 3.05) is 0 Å². The highest BCUT2D eigenvalue weighted by atomic mass is 32.2. The normalized spacial score (nSPS) is 17.6. The number of rotatable bonds is 4. The monoisotopic (exact) mass is 438 g/mol. The zero-order chi connectivity index (χ0) is 21.8. The molecule has 1 aliphatic rings. The van der Waals surface area contributed by atoms with Crippen LogP contribution in [0.2, 0.25) is 0 Å². The number of aryl methyl sites for hydroxylation is 1. The van der Waals surface area contributed by atoms with Gasteiger partial charge in [-0.2, -0.15) is 3.89 Å². The zero-order valence-corrected chi connectivity index (χ0v) is 19.2. The van der Waals surface area contributed by atoms with Crippen LogP contribution < -0.4 is 0 Å². The molecule has 0 radical (unpaired) electrons. The summed E-state index contributed by atoms with van der Waals surface area (Å²) in [6, 6.07) is 11.1. The molecule has 1 saturated carbocycles. The van der Waals surface area contributed by atoms with E-state index in [1.807, 2.05) is 32.0 Å². The van der Waals surface area contributed by atoms with Crippen molar-refractivity contribution in [1.29, 1.82) is 0 Å². The Morgan fingerprint density at radius 1 is 1.13 bits per heavy atom. The highest BCUT2D eigenvalue weighted by Crippen LogP contribution is 2.46. The predicted octanol–water partition coefficient (Wildman–Crippen LogP) is 8.38. The fraction of sp³-hybridized carbons (Fsp3) is 0.423. The van der Waals surface area contributed by atoms with Crippen LogP contribution in [0, 0.1) is 12.7 Å². The molecule has 1 atom stereocenters. The Kier molecular flexibility index (Phi) is 5.20. The Labute approximate surface area is 186 Å². The maximum Gasteiger partial charge on any atom is 0.146 e. The van der Waals surface area contributed by atoms with Gasteiger partial charge in [0.2, 0.25) is 0 Å². The van der Waals surface area contributed by atoms with E-state index in [2.05, 4.69) is 17.4 Å². The average Bonchev–Trinajstić information content (AvgIpc) is 3.15. The van der Waals surface area contributed by atoms with Gasteiger partial charge in [0.05, 0.1) is 28.1 Å². The van der Waals surface area contributed by atoms with Gasteiger partial charge in [0.1, 0.15) is 11.5 Å². The van der Waals surface area contributed by atoms with Gasteiger partial charge in [0.25, 0.3) is 0 Å². The van der Waals surface area contributed by atoms with Gasteiger partial charge < -0.3 is 0 Å². The fourth-order valence-corrected chi connectivity index (χ4v) is 5.83. The van der Waals surface area contributed by atoms with Gasteiger partial charge >= 0.3 is 0 Å². The Bertz CT molecular complexity index is 1280. The topological polar surface area (TPSA) is 17.3 Å². The summed E-state index contributed by atoms with van der Waals surface area (Å²) in [5.74, 6) is 0.177. The molecule has 2 aromatic heterocycles. The molecule has 0 amide bonds. The van der Waals surface area contributed by atoms with Crippen LogP contribution in [0.15, 0.2) is 36.4 Å². The van der Waals surface area contributed by atoms with Crippen LogP contribution in [0.1, 0.15) is 75.2 Å². The van der Waals surface area contributed by atoms with E-state index in [9.17, 15) is 8.28 Å². The molecule has 5 heteroatoms. The molecule has 31 heavy (non-hydrogen) atoms. The minimum atomic E-state index is -0.668. The van der Waals surface area contributed by atoms with E-state index < -0.39 is 4.75 Å². The molecule has 0 N–H and O–H groups in total. The largest absolute Gasteiger partial charge is 0.295 e. The minimum absolute atomic E-state index is 0.247. The number of nitrogens with zero attached hydrogens (tertiary/aromatic N) is 2. The van der Waals surface area contributed by atoms with Gasteiger partial charge in [-0.1, -0.05) is 44.4 Å². The van der Waals surface area contributed by atoms with Crippen molar-refractivity contribution in [1.82, 2.24) is 9.38 Å². The quantitative estimate of drug-likeness (QED) is 0.298. The summed E-state index contributed by atoms with van der Waals surface area (Å²) in [6.45, 7) is 6.04. The van der Waals surface area contributed by atoms with Crippen LogP contribution in [0.3, 0.4) is 0 Å². The van der Waals surface area contributed by atoms with Crippen molar-refractivity contribution in [3.63, 3.8) is 0 Å². The smallest absolute Gasteiger partial charge is 0.146 e. The fourth-order valence-electron chi connectivity index (χ4n) is 5.47. The molecule has 2 nitrogen and oxygen atoms in total. The van der Waals surface area contributed by atoms with Gasteiger partial charge in [0.15, 0.2) is 0 Å². The van der Waals surface area contributed by atoms with Crippen molar-refractivity contribution < 1.29 is 8.28 Å². The second-order valence-electron chi connectivity index (χ2n) is 9.13. The Morgan fingerprint density at radius 2 is 1.90 bits per heavy atom. The zero-order valence-electron chi connectivity index (χ0n) is 18.3. The van der Waals surface area contributed by atoms with Crippen molar-refractivity contribution >= 4 is 39.5 Å². The van der Waals surface area contributed by atoms with E-state index in [1.165, 1.54) is 31.0 Å². The molecule has 0 bridgehead atoms. The van der Waals surface area contributed by atoms with Gasteiger partial charge in [-0.3, -0.25) is 4.40 Å². The lowest BCUT2D eigenvalue weighted by atomic mass is 9.86. The standard InChI is InChI=1S/C26H28F2N2S/c1-4-26(3,31-28)21-12-8-11-20-19-14-13-18(27)15-22(19)30-24(17-9-6-5-7-10-17)16(2)29-25(30)23(20)21/h8,11-15,17H,4-7,9-10H2,1-3H3. The molecule has 2 heterocycles. The first kappa shape index (κ1) is 20.7. The number of hydrogen-bond acceptors (Lipinski definition) is 2. The van der Waals surface area contributed by atoms with E-state index in [-0.39, 0.29) is 5.82 Å². The van der Waals surface area contributed by atoms with E-state index in [0.717, 1.165) is 51.4 Å². The number of hydrogen-bond donors (Lipinski definition) is 0. The van der Waals surface area contributed by atoms with Crippen LogP contribution in [0.4, 0.5) is 8.28 Å². The maximum atomic E-state index is 14.4. The molecular weight excluding hydrogens is 410 g/mol. The minimum Gasteiger partial charge on any atom is -0.295 e. The summed E-state index contributed by atoms with van der Waals surface area (Å²) in [6.07, 6.45) is 6.65. The van der Waals surface area contributed by atoms with E-state index in [4.69, 9.17) is 4.98 Å². The Balaban J connectivity index is 1.99. The Hall–Kier alpha value is -2.14. The summed E-state index contributed by atoms with van der Waals surface area (Å²) in [5, 5.41) is 2.98. The molecule has 1 fully saturated rings. The van der Waals surface area contributed by atoms with Crippen molar-refractivity contribution in [2.45, 2.75) is 70.0 Å². The van der Waals surface area contributed by atoms with Crippen molar-refractivity contribution in [2.24, 2.45) is 0 Å². The second kappa shape index (κ2) is 7.77. The summed E-state index contributed by atoms with van der Waals surface area (Å²) >= 11 is 0.399. The van der Waals surface area contributed by atoms with Gasteiger partial charge in [-0.15, -0.1) is 0 Å². The molecule has 0 saturated heterocycles. The van der Waals surface area contributed by atoms with E-state index in [0.29, 0.717) is 24.5 Å². The second-order valence-corrected chi connectivity index (χ2v) is 10.2. The van der Waals surface area contributed by atoms with Crippen LogP contribution in [-0.4, -0.2) is 9.38 Å². The average molecular weight is 439 g/mol. The highest BCUT2D eigenvalue weighted by molar-refractivity contribution is 7.95. The third kappa shape index (κ3) is 3.15. The summed E-state index contributed by atoms with van der Waals surface area (Å²) in [7, 11) is 0. The lowest BCUT2D eigenvalue weighted by molar-refractivity contribution is 0.434. The third-order valence-electron chi connectivity index (χ3n) is 7.28. The number of halogens is 2. The van der Waals surface area contributed by atoms with Gasteiger partial charge in [0, 0.05) is 22.4 Å². The molecule has 162 valence electrons. The number of benzene rings is 2. The van der Waals surface area contributed by atoms with Crippen LogP contribution in [0.25, 0.3) is 27.3 Å². The molecule has 0 spiro atoms. The van der Waals surface area contributed by atoms with Crippen LogP contribution in [0.5, 0.6) is 0 Å². The van der Waals surface area contributed by atoms with Gasteiger partial charge in [-0.25, -0.2) is 9.37 Å². The number of pyridine rings is 1. The first-order chi connectivity index (χ1) is 15.0.